The number of amides is 1. The van der Waals surface area contributed by atoms with E-state index in [2.05, 4.69) is 15.0 Å². The van der Waals surface area contributed by atoms with Gasteiger partial charge >= 0.3 is 6.18 Å². The fourth-order valence-electron chi connectivity index (χ4n) is 4.05. The molecule has 1 amide bonds. The van der Waals surface area contributed by atoms with Crippen molar-refractivity contribution < 1.29 is 22.4 Å². The molecule has 11 heteroatoms. The Balaban J connectivity index is 1.49. The molecule has 0 spiro atoms. The average Bonchev–Trinajstić information content (AvgIpc) is 3.19. The van der Waals surface area contributed by atoms with Crippen LogP contribution in [-0.4, -0.2) is 51.6 Å². The van der Waals surface area contributed by atoms with Crippen LogP contribution in [0.2, 0.25) is 5.02 Å². The number of nitrogens with zero attached hydrogens (tertiary/aromatic N) is 5. The maximum Gasteiger partial charge on any atom is 0.433 e. The van der Waals surface area contributed by atoms with Crippen LogP contribution >= 0.6 is 11.6 Å². The number of benzene rings is 2. The zero-order chi connectivity index (χ0) is 24.7. The molecule has 5 rings (SSSR count). The van der Waals surface area contributed by atoms with Crippen LogP contribution in [0.15, 0.2) is 60.7 Å². The highest BCUT2D eigenvalue weighted by Gasteiger charge is 2.37. The van der Waals surface area contributed by atoms with Crippen molar-refractivity contribution in [3.63, 3.8) is 0 Å². The lowest BCUT2D eigenvalue weighted by Gasteiger charge is -2.35. The minimum atomic E-state index is -4.80. The summed E-state index contributed by atoms with van der Waals surface area (Å²) in [5.41, 5.74) is -0.515. The number of fused-ring (bicyclic) bond motifs is 1. The van der Waals surface area contributed by atoms with E-state index in [1.807, 2.05) is 30.3 Å². The number of hydrogen-bond acceptors (Lipinski definition) is 4. The third-order valence-corrected chi connectivity index (χ3v) is 6.20. The quantitative estimate of drug-likeness (QED) is 0.362. The number of rotatable bonds is 3. The van der Waals surface area contributed by atoms with Crippen molar-refractivity contribution in [3.8, 4) is 11.3 Å². The zero-order valence-corrected chi connectivity index (χ0v) is 18.9. The second-order valence-electron chi connectivity index (χ2n) is 8.04. The minimum Gasteiger partial charge on any atom is -0.368 e. The lowest BCUT2D eigenvalue weighted by atomic mass is 10.1. The molecule has 1 saturated heterocycles. The summed E-state index contributed by atoms with van der Waals surface area (Å²) in [6.07, 6.45) is -4.80. The van der Waals surface area contributed by atoms with Gasteiger partial charge < -0.3 is 9.80 Å². The van der Waals surface area contributed by atoms with E-state index in [0.717, 1.165) is 23.9 Å². The predicted octanol–water partition coefficient (Wildman–Crippen LogP) is 5.17. The molecule has 0 bridgehead atoms. The number of carbonyl (C=O) groups is 1. The van der Waals surface area contributed by atoms with Crippen molar-refractivity contribution >= 4 is 28.8 Å². The first kappa shape index (κ1) is 23.1. The second kappa shape index (κ2) is 8.84. The topological polar surface area (TPSA) is 53.7 Å². The van der Waals surface area contributed by atoms with E-state index in [4.69, 9.17) is 11.6 Å². The molecular weight excluding hydrogens is 486 g/mol. The van der Waals surface area contributed by atoms with Crippen molar-refractivity contribution in [3.05, 3.63) is 82.9 Å². The maximum atomic E-state index is 13.9. The number of halogens is 5. The fraction of sp³-hybridized carbons (Fsp3) is 0.208. The molecule has 1 fully saturated rings. The zero-order valence-electron chi connectivity index (χ0n) is 18.1. The van der Waals surface area contributed by atoms with E-state index in [1.54, 1.807) is 0 Å². The molecule has 1 aliphatic heterocycles. The molecule has 3 heterocycles. The maximum absolute atomic E-state index is 13.9. The van der Waals surface area contributed by atoms with Crippen molar-refractivity contribution in [2.75, 3.05) is 31.1 Å². The summed E-state index contributed by atoms with van der Waals surface area (Å²) in [6, 6.07) is 15.4. The molecule has 0 atom stereocenters. The van der Waals surface area contributed by atoms with Gasteiger partial charge in [-0.25, -0.2) is 13.9 Å². The highest BCUT2D eigenvalue weighted by molar-refractivity contribution is 6.36. The summed E-state index contributed by atoms with van der Waals surface area (Å²) < 4.78 is 55.5. The molecule has 0 radical (unpaired) electrons. The van der Waals surface area contributed by atoms with Crippen molar-refractivity contribution in [2.24, 2.45) is 0 Å². The molecule has 1 aliphatic rings. The number of aromatic nitrogens is 3. The summed E-state index contributed by atoms with van der Waals surface area (Å²) in [5, 5.41) is 3.65. The van der Waals surface area contributed by atoms with Crippen LogP contribution in [0.1, 0.15) is 16.2 Å². The molecule has 35 heavy (non-hydrogen) atoms. The van der Waals surface area contributed by atoms with Gasteiger partial charge in [-0.1, -0.05) is 29.8 Å². The van der Waals surface area contributed by atoms with Gasteiger partial charge in [0.05, 0.1) is 5.69 Å². The van der Waals surface area contributed by atoms with Crippen LogP contribution in [0.25, 0.3) is 16.9 Å². The van der Waals surface area contributed by atoms with E-state index >= 15 is 0 Å². The Morgan fingerprint density at radius 1 is 0.943 bits per heavy atom. The summed E-state index contributed by atoms with van der Waals surface area (Å²) in [7, 11) is 0. The second-order valence-corrected chi connectivity index (χ2v) is 8.42. The van der Waals surface area contributed by atoms with Gasteiger partial charge in [0.25, 0.3) is 5.91 Å². The van der Waals surface area contributed by atoms with E-state index in [-0.39, 0.29) is 27.6 Å². The van der Waals surface area contributed by atoms with E-state index in [9.17, 15) is 22.4 Å². The van der Waals surface area contributed by atoms with Gasteiger partial charge in [0.1, 0.15) is 10.8 Å². The van der Waals surface area contributed by atoms with Gasteiger partial charge in [-0.2, -0.15) is 18.3 Å². The van der Waals surface area contributed by atoms with Gasteiger partial charge in [0.15, 0.2) is 17.0 Å². The number of alkyl halides is 3. The van der Waals surface area contributed by atoms with Crippen LogP contribution in [0, 0.1) is 5.82 Å². The third-order valence-electron chi connectivity index (χ3n) is 5.85. The SMILES string of the molecule is O=C(c1nn2c(C(F)(F)F)cc(-c3ccc(F)cc3)nc2c1Cl)N1CCN(c2ccccc2)CC1. The minimum absolute atomic E-state index is 0.0675. The van der Waals surface area contributed by atoms with Crippen molar-refractivity contribution in [2.45, 2.75) is 6.18 Å². The molecular formula is C24H18ClF4N5O. The highest BCUT2D eigenvalue weighted by atomic mass is 35.5. The monoisotopic (exact) mass is 503 g/mol. The molecule has 0 unspecified atom stereocenters. The Morgan fingerprint density at radius 3 is 2.23 bits per heavy atom. The molecule has 2 aromatic carbocycles. The number of anilines is 1. The highest BCUT2D eigenvalue weighted by Crippen LogP contribution is 2.35. The Bertz CT molecular complexity index is 1380. The summed E-state index contributed by atoms with van der Waals surface area (Å²) in [5.74, 6) is -1.10. The van der Waals surface area contributed by atoms with Crippen molar-refractivity contribution in [1.82, 2.24) is 19.5 Å². The molecule has 180 valence electrons. The largest absolute Gasteiger partial charge is 0.433 e. The summed E-state index contributed by atoms with van der Waals surface area (Å²) >= 11 is 6.37. The van der Waals surface area contributed by atoms with Gasteiger partial charge in [-0.05, 0) is 42.5 Å². The molecule has 2 aromatic heterocycles. The van der Waals surface area contributed by atoms with Gasteiger partial charge in [0.2, 0.25) is 0 Å². The number of piperazine rings is 1. The molecule has 6 nitrogen and oxygen atoms in total. The average molecular weight is 504 g/mol. The lowest BCUT2D eigenvalue weighted by molar-refractivity contribution is -0.142. The first-order valence-electron chi connectivity index (χ1n) is 10.7. The fourth-order valence-corrected chi connectivity index (χ4v) is 4.30. The van der Waals surface area contributed by atoms with Crippen LogP contribution in [0.5, 0.6) is 0 Å². The van der Waals surface area contributed by atoms with Crippen LogP contribution < -0.4 is 4.90 Å². The van der Waals surface area contributed by atoms with E-state index in [1.165, 1.54) is 17.0 Å². The normalized spacial score (nSPS) is 14.5. The van der Waals surface area contributed by atoms with E-state index in [0.29, 0.717) is 30.7 Å². The van der Waals surface area contributed by atoms with E-state index < -0.39 is 23.6 Å². The first-order chi connectivity index (χ1) is 16.7. The van der Waals surface area contributed by atoms with Crippen LogP contribution in [-0.2, 0) is 6.18 Å². The Labute approximate surface area is 202 Å². The number of hydrogen-bond donors (Lipinski definition) is 0. The van der Waals surface area contributed by atoms with Crippen LogP contribution in [0.3, 0.4) is 0 Å². The van der Waals surface area contributed by atoms with Gasteiger partial charge in [-0.15, -0.1) is 0 Å². The van der Waals surface area contributed by atoms with Crippen molar-refractivity contribution in [1.29, 1.82) is 0 Å². The number of carbonyl (C=O) groups excluding carboxylic acids is 1. The Morgan fingerprint density at radius 2 is 1.60 bits per heavy atom. The molecule has 4 aromatic rings. The smallest absolute Gasteiger partial charge is 0.368 e. The summed E-state index contributed by atoms with van der Waals surface area (Å²) in [6.45, 7) is 1.83. The van der Waals surface area contributed by atoms with Gasteiger partial charge in [0, 0.05) is 37.4 Å². The first-order valence-corrected chi connectivity index (χ1v) is 11.1. The molecule has 0 aliphatic carbocycles. The Kier molecular flexibility index (Phi) is 5.84. The predicted molar refractivity (Wildman–Crippen MR) is 123 cm³/mol. The third kappa shape index (κ3) is 4.41. The molecule has 0 saturated carbocycles. The van der Waals surface area contributed by atoms with Crippen LogP contribution in [0.4, 0.5) is 23.2 Å². The lowest BCUT2D eigenvalue weighted by Crippen LogP contribution is -2.49. The summed E-state index contributed by atoms with van der Waals surface area (Å²) in [4.78, 5) is 21.0. The van der Waals surface area contributed by atoms with Gasteiger partial charge in [-0.3, -0.25) is 4.79 Å². The Hall–Kier alpha value is -3.66. The molecule has 0 N–H and O–H groups in total. The number of para-hydroxylation sites is 1. The standard InChI is InChI=1S/C24H18ClF4N5O/c25-20-21(23(35)33-12-10-32(11-13-33)17-4-2-1-3-5-17)31-34-19(24(27,28)29)14-18(30-22(20)34)15-6-8-16(26)9-7-15/h1-9,14H,10-13H2.